The average Bonchev–Trinajstić information content (AvgIpc) is 2.37. The summed E-state index contributed by atoms with van der Waals surface area (Å²) >= 11 is 0. The molecule has 0 aliphatic rings. The molecule has 1 rings (SSSR count). The van der Waals surface area contributed by atoms with Crippen molar-refractivity contribution in [3.63, 3.8) is 0 Å². The van der Waals surface area contributed by atoms with Gasteiger partial charge in [-0.1, -0.05) is 26.3 Å². The number of hydrogen-bond donors (Lipinski definition) is 2. The molecule has 4 nitrogen and oxygen atoms in total. The molecule has 6 heteroatoms. The monoisotopic (exact) mass is 302 g/mol. The maximum Gasteiger partial charge on any atom is 0.241 e. The lowest BCUT2D eigenvalue weighted by molar-refractivity contribution is 0.445. The molecule has 0 spiro atoms. The zero-order valence-electron chi connectivity index (χ0n) is 12.2. The molecule has 114 valence electrons. The molecule has 0 fully saturated rings. The Morgan fingerprint density at radius 1 is 1.35 bits per heavy atom. The largest absolute Gasteiger partial charge is 0.326 e. The van der Waals surface area contributed by atoms with Gasteiger partial charge in [-0.05, 0) is 31.4 Å². The van der Waals surface area contributed by atoms with Crippen molar-refractivity contribution in [2.24, 2.45) is 11.7 Å². The number of rotatable bonds is 7. The zero-order chi connectivity index (χ0) is 15.3. The van der Waals surface area contributed by atoms with Crippen LogP contribution in [0.5, 0.6) is 0 Å². The van der Waals surface area contributed by atoms with Crippen LogP contribution in [0.15, 0.2) is 23.1 Å². The highest BCUT2D eigenvalue weighted by Crippen LogP contribution is 2.19. The molecule has 0 aliphatic heterocycles. The van der Waals surface area contributed by atoms with Crippen LogP contribution in [0, 0.1) is 11.7 Å². The Morgan fingerprint density at radius 3 is 2.55 bits per heavy atom. The minimum atomic E-state index is -3.75. The van der Waals surface area contributed by atoms with E-state index < -0.39 is 15.8 Å². The topological polar surface area (TPSA) is 72.2 Å². The SMILES string of the molecule is CCC(C)CC(C)NS(=O)(=O)c1cccc(F)c1CN. The summed E-state index contributed by atoms with van der Waals surface area (Å²) in [7, 11) is -3.75. The van der Waals surface area contributed by atoms with Gasteiger partial charge in [0, 0.05) is 18.2 Å². The van der Waals surface area contributed by atoms with E-state index >= 15 is 0 Å². The van der Waals surface area contributed by atoms with Crippen molar-refractivity contribution in [2.45, 2.75) is 51.1 Å². The van der Waals surface area contributed by atoms with Gasteiger partial charge >= 0.3 is 0 Å². The first-order chi connectivity index (χ1) is 9.31. The van der Waals surface area contributed by atoms with Crippen LogP contribution in [0.3, 0.4) is 0 Å². The third kappa shape index (κ3) is 4.26. The van der Waals surface area contributed by atoms with Crippen LogP contribution < -0.4 is 10.5 Å². The van der Waals surface area contributed by atoms with Crippen LogP contribution in [0.1, 0.15) is 39.2 Å². The van der Waals surface area contributed by atoms with Crippen LogP contribution in [0.2, 0.25) is 0 Å². The fourth-order valence-electron chi connectivity index (χ4n) is 2.14. The van der Waals surface area contributed by atoms with Crippen molar-refractivity contribution < 1.29 is 12.8 Å². The first-order valence-electron chi connectivity index (χ1n) is 6.81. The Bertz CT molecular complexity index is 546. The normalized spacial score (nSPS) is 15.1. The van der Waals surface area contributed by atoms with Gasteiger partial charge in [0.05, 0.1) is 4.90 Å². The van der Waals surface area contributed by atoms with Gasteiger partial charge < -0.3 is 5.73 Å². The van der Waals surface area contributed by atoms with Gasteiger partial charge in [0.2, 0.25) is 10.0 Å². The summed E-state index contributed by atoms with van der Waals surface area (Å²) in [5.41, 5.74) is 5.47. The summed E-state index contributed by atoms with van der Waals surface area (Å²) in [4.78, 5) is -0.0731. The van der Waals surface area contributed by atoms with Crippen LogP contribution >= 0.6 is 0 Å². The Kier molecular flexibility index (Phi) is 6.10. The summed E-state index contributed by atoms with van der Waals surface area (Å²) in [6.07, 6.45) is 1.73. The molecule has 0 amide bonds. The second-order valence-electron chi connectivity index (χ2n) is 5.19. The molecule has 2 unspecified atom stereocenters. The number of halogens is 1. The average molecular weight is 302 g/mol. The molecule has 0 heterocycles. The molecule has 0 aliphatic carbocycles. The van der Waals surface area contributed by atoms with E-state index in [1.54, 1.807) is 0 Å². The first kappa shape index (κ1) is 17.1. The number of benzene rings is 1. The number of hydrogen-bond acceptors (Lipinski definition) is 3. The summed E-state index contributed by atoms with van der Waals surface area (Å²) in [5, 5.41) is 0. The molecule has 20 heavy (non-hydrogen) atoms. The van der Waals surface area contributed by atoms with Gasteiger partial charge in [-0.15, -0.1) is 0 Å². The van der Waals surface area contributed by atoms with Crippen LogP contribution in [0.25, 0.3) is 0 Å². The maximum atomic E-state index is 13.6. The van der Waals surface area contributed by atoms with Crippen molar-refractivity contribution >= 4 is 10.0 Å². The number of nitrogens with one attached hydrogen (secondary N) is 1. The minimum Gasteiger partial charge on any atom is -0.326 e. The Balaban J connectivity index is 2.97. The smallest absolute Gasteiger partial charge is 0.241 e. The molecule has 0 saturated carbocycles. The van der Waals surface area contributed by atoms with Crippen molar-refractivity contribution in [3.8, 4) is 0 Å². The van der Waals surface area contributed by atoms with E-state index in [0.717, 1.165) is 12.8 Å². The fourth-order valence-corrected chi connectivity index (χ4v) is 3.65. The standard InChI is InChI=1S/C14H23FN2O2S/c1-4-10(2)8-11(3)17-20(18,19)14-7-5-6-13(15)12(14)9-16/h5-7,10-11,17H,4,8-9,16H2,1-3H3. The van der Waals surface area contributed by atoms with E-state index in [0.29, 0.717) is 5.92 Å². The Hall–Kier alpha value is -0.980. The van der Waals surface area contributed by atoms with E-state index in [-0.39, 0.29) is 23.0 Å². The van der Waals surface area contributed by atoms with Crippen LogP contribution in [-0.2, 0) is 16.6 Å². The van der Waals surface area contributed by atoms with Crippen molar-refractivity contribution in [1.82, 2.24) is 4.72 Å². The third-order valence-electron chi connectivity index (χ3n) is 3.38. The zero-order valence-corrected chi connectivity index (χ0v) is 13.0. The molecule has 0 bridgehead atoms. The second kappa shape index (κ2) is 7.15. The van der Waals surface area contributed by atoms with Crippen LogP contribution in [-0.4, -0.2) is 14.5 Å². The summed E-state index contributed by atoms with van der Waals surface area (Å²) in [5.74, 6) is -0.167. The first-order valence-corrected chi connectivity index (χ1v) is 8.29. The molecule has 0 radical (unpaired) electrons. The molecule has 0 aromatic heterocycles. The molecule has 2 atom stereocenters. The molecule has 3 N–H and O–H groups in total. The number of nitrogens with two attached hydrogens (primary N) is 1. The lowest BCUT2D eigenvalue weighted by Gasteiger charge is -2.18. The molecule has 1 aromatic rings. The lowest BCUT2D eigenvalue weighted by atomic mass is 10.0. The Morgan fingerprint density at radius 2 is 2.00 bits per heavy atom. The quantitative estimate of drug-likeness (QED) is 0.812. The number of sulfonamides is 1. The predicted octanol–water partition coefficient (Wildman–Crippen LogP) is 2.39. The maximum absolute atomic E-state index is 13.6. The summed E-state index contributed by atoms with van der Waals surface area (Å²) in [6, 6.07) is 3.76. The molecular formula is C14H23FN2O2S. The van der Waals surface area contributed by atoms with Crippen molar-refractivity contribution in [2.75, 3.05) is 0 Å². The van der Waals surface area contributed by atoms with Gasteiger partial charge in [-0.3, -0.25) is 0 Å². The minimum absolute atomic E-state index is 0.0238. The van der Waals surface area contributed by atoms with Crippen molar-refractivity contribution in [1.29, 1.82) is 0 Å². The van der Waals surface area contributed by atoms with Gasteiger partial charge in [-0.25, -0.2) is 17.5 Å². The molecule has 0 saturated heterocycles. The van der Waals surface area contributed by atoms with E-state index in [4.69, 9.17) is 5.73 Å². The summed E-state index contributed by atoms with van der Waals surface area (Å²) < 4.78 is 40.8. The lowest BCUT2D eigenvalue weighted by Crippen LogP contribution is -2.34. The second-order valence-corrected chi connectivity index (χ2v) is 6.87. The fraction of sp³-hybridized carbons (Fsp3) is 0.571. The van der Waals surface area contributed by atoms with Gasteiger partial charge in [0.1, 0.15) is 5.82 Å². The summed E-state index contributed by atoms with van der Waals surface area (Å²) in [6.45, 7) is 5.79. The molecular weight excluding hydrogens is 279 g/mol. The van der Waals surface area contributed by atoms with E-state index in [9.17, 15) is 12.8 Å². The highest BCUT2D eigenvalue weighted by Gasteiger charge is 2.22. The third-order valence-corrected chi connectivity index (χ3v) is 5.05. The van der Waals surface area contributed by atoms with Crippen LogP contribution in [0.4, 0.5) is 4.39 Å². The highest BCUT2D eigenvalue weighted by atomic mass is 32.2. The predicted molar refractivity (Wildman–Crippen MR) is 78.1 cm³/mol. The van der Waals surface area contributed by atoms with Gasteiger partial charge in [-0.2, -0.15) is 0 Å². The van der Waals surface area contributed by atoms with Gasteiger partial charge in [0.15, 0.2) is 0 Å². The molecule has 1 aromatic carbocycles. The van der Waals surface area contributed by atoms with E-state index in [1.165, 1.54) is 18.2 Å². The van der Waals surface area contributed by atoms with E-state index in [1.807, 2.05) is 6.92 Å². The van der Waals surface area contributed by atoms with Gasteiger partial charge in [0.25, 0.3) is 0 Å². The van der Waals surface area contributed by atoms with Crippen molar-refractivity contribution in [3.05, 3.63) is 29.6 Å². The highest BCUT2D eigenvalue weighted by molar-refractivity contribution is 7.89. The van der Waals surface area contributed by atoms with E-state index in [2.05, 4.69) is 18.6 Å². The Labute approximate surface area is 120 Å².